The minimum Gasteiger partial charge on any atom is -0.369 e. The topological polar surface area (TPSA) is 69.6 Å². The molecule has 2 aromatic heterocycles. The number of nitrogen functional groups attached to an aromatic ring is 1. The Hall–Kier alpha value is -2.02. The Bertz CT molecular complexity index is 782. The Morgan fingerprint density at radius 3 is 2.80 bits per heavy atom. The molecule has 0 saturated carbocycles. The average molecular weight is 336 g/mol. The summed E-state index contributed by atoms with van der Waals surface area (Å²) in [7, 11) is 0. The van der Waals surface area contributed by atoms with Gasteiger partial charge in [0.1, 0.15) is 5.82 Å². The van der Waals surface area contributed by atoms with Crippen LogP contribution in [0.5, 0.6) is 0 Å². The van der Waals surface area contributed by atoms with Crippen LogP contribution in [0.4, 0.5) is 10.3 Å². The lowest BCUT2D eigenvalue weighted by atomic mass is 10.3. The van der Waals surface area contributed by atoms with Crippen molar-refractivity contribution < 1.29 is 4.39 Å². The number of nitrogens with zero attached hydrogens (tertiary/aromatic N) is 4. The van der Waals surface area contributed by atoms with E-state index in [1.807, 2.05) is 6.92 Å². The van der Waals surface area contributed by atoms with Crippen molar-refractivity contribution in [3.05, 3.63) is 46.2 Å². The summed E-state index contributed by atoms with van der Waals surface area (Å²) in [6.07, 6.45) is 3.39. The third kappa shape index (κ3) is 2.24. The van der Waals surface area contributed by atoms with Crippen molar-refractivity contribution in [3.8, 4) is 0 Å². The van der Waals surface area contributed by atoms with Gasteiger partial charge in [-0.05, 0) is 28.9 Å². The van der Waals surface area contributed by atoms with Crippen LogP contribution in [0.1, 0.15) is 11.4 Å². The molecule has 3 aromatic rings. The van der Waals surface area contributed by atoms with Gasteiger partial charge in [-0.15, -0.1) is 0 Å². The molecule has 20 heavy (non-hydrogen) atoms. The normalized spacial score (nSPS) is 11.2. The van der Waals surface area contributed by atoms with Crippen LogP contribution in [0.3, 0.4) is 0 Å². The fourth-order valence-corrected chi connectivity index (χ4v) is 2.30. The average Bonchev–Trinajstić information content (AvgIpc) is 2.69. The van der Waals surface area contributed by atoms with Gasteiger partial charge in [-0.2, -0.15) is 0 Å². The summed E-state index contributed by atoms with van der Waals surface area (Å²) in [6, 6.07) is 3.02. The van der Waals surface area contributed by atoms with Crippen molar-refractivity contribution in [2.45, 2.75) is 13.5 Å². The predicted molar refractivity (Wildman–Crippen MR) is 77.7 cm³/mol. The highest BCUT2D eigenvalue weighted by Gasteiger charge is 2.12. The van der Waals surface area contributed by atoms with Crippen LogP contribution in [0, 0.1) is 12.7 Å². The van der Waals surface area contributed by atoms with E-state index < -0.39 is 0 Å². The monoisotopic (exact) mass is 335 g/mol. The third-order valence-corrected chi connectivity index (χ3v) is 3.58. The summed E-state index contributed by atoms with van der Waals surface area (Å²) < 4.78 is 15.7. The smallest absolute Gasteiger partial charge is 0.201 e. The number of nitrogens with two attached hydrogens (primary N) is 1. The van der Waals surface area contributed by atoms with Gasteiger partial charge in [0.05, 0.1) is 39.6 Å². The lowest BCUT2D eigenvalue weighted by Gasteiger charge is -2.06. The predicted octanol–water partition coefficient (Wildman–Crippen LogP) is 2.67. The first-order valence-electron chi connectivity index (χ1n) is 5.93. The molecule has 0 saturated heterocycles. The number of halogens is 2. The number of hydrogen-bond donors (Lipinski definition) is 1. The van der Waals surface area contributed by atoms with Crippen molar-refractivity contribution in [1.82, 2.24) is 19.5 Å². The quantitative estimate of drug-likeness (QED) is 0.781. The summed E-state index contributed by atoms with van der Waals surface area (Å²) in [4.78, 5) is 12.6. The number of aryl methyl sites for hydroxylation is 1. The Labute approximate surface area is 122 Å². The lowest BCUT2D eigenvalue weighted by Crippen LogP contribution is -2.06. The van der Waals surface area contributed by atoms with E-state index >= 15 is 0 Å². The molecule has 0 unspecified atom stereocenters. The zero-order chi connectivity index (χ0) is 14.3. The highest BCUT2D eigenvalue weighted by atomic mass is 79.9. The van der Waals surface area contributed by atoms with Crippen LogP contribution in [0.25, 0.3) is 11.0 Å². The molecule has 0 aliphatic carbocycles. The number of anilines is 1. The van der Waals surface area contributed by atoms with Crippen LogP contribution in [-0.2, 0) is 6.54 Å². The van der Waals surface area contributed by atoms with Crippen LogP contribution in [0.2, 0.25) is 0 Å². The summed E-state index contributed by atoms with van der Waals surface area (Å²) >= 11 is 3.17. The first kappa shape index (κ1) is 13.0. The van der Waals surface area contributed by atoms with Gasteiger partial charge in [0, 0.05) is 12.3 Å². The highest BCUT2D eigenvalue weighted by molar-refractivity contribution is 9.10. The molecule has 0 bridgehead atoms. The first-order valence-corrected chi connectivity index (χ1v) is 6.72. The molecule has 0 radical (unpaired) electrons. The second-order valence-corrected chi connectivity index (χ2v) is 5.31. The molecule has 0 aliphatic heterocycles. The Kier molecular flexibility index (Phi) is 3.13. The zero-order valence-corrected chi connectivity index (χ0v) is 12.2. The number of rotatable bonds is 2. The second kappa shape index (κ2) is 4.82. The lowest BCUT2D eigenvalue weighted by molar-refractivity contribution is 0.622. The number of benzene rings is 1. The number of aromatic nitrogens is 4. The summed E-state index contributed by atoms with van der Waals surface area (Å²) in [5, 5.41) is 0. The maximum Gasteiger partial charge on any atom is 0.201 e. The van der Waals surface area contributed by atoms with E-state index in [9.17, 15) is 4.39 Å². The van der Waals surface area contributed by atoms with E-state index in [0.29, 0.717) is 22.5 Å². The Balaban J connectivity index is 2.08. The third-order valence-electron chi connectivity index (χ3n) is 2.97. The molecule has 0 amide bonds. The maximum absolute atomic E-state index is 13.5. The van der Waals surface area contributed by atoms with Crippen molar-refractivity contribution in [2.24, 2.45) is 0 Å². The molecule has 0 fully saturated rings. The number of hydrogen-bond acceptors (Lipinski definition) is 4. The first-order chi connectivity index (χ1) is 9.54. The molecule has 2 N–H and O–H groups in total. The van der Waals surface area contributed by atoms with Crippen LogP contribution in [-0.4, -0.2) is 19.5 Å². The van der Waals surface area contributed by atoms with Crippen molar-refractivity contribution in [1.29, 1.82) is 0 Å². The molecule has 5 nitrogen and oxygen atoms in total. The van der Waals surface area contributed by atoms with Crippen molar-refractivity contribution in [2.75, 3.05) is 5.73 Å². The molecular formula is C13H11BrFN5. The minimum absolute atomic E-state index is 0.319. The van der Waals surface area contributed by atoms with Crippen LogP contribution < -0.4 is 5.73 Å². The van der Waals surface area contributed by atoms with E-state index in [1.165, 1.54) is 6.07 Å². The van der Waals surface area contributed by atoms with Gasteiger partial charge in [0.15, 0.2) is 0 Å². The highest BCUT2D eigenvalue weighted by Crippen LogP contribution is 2.25. The summed E-state index contributed by atoms with van der Waals surface area (Å²) in [5.41, 5.74) is 8.78. The molecule has 0 atom stereocenters. The van der Waals surface area contributed by atoms with E-state index in [2.05, 4.69) is 30.9 Å². The van der Waals surface area contributed by atoms with Gasteiger partial charge in [0.25, 0.3) is 0 Å². The molecule has 3 rings (SSSR count). The standard InChI is InChI=1S/C13H11BrFN5/c1-7-4-18-8(5-17-7)6-20-12-2-9(14)10(15)3-11(12)19-13(20)16/h2-5H,6H2,1H3,(H2,16,19). The molecule has 0 aliphatic rings. The van der Waals surface area contributed by atoms with E-state index in [-0.39, 0.29) is 5.82 Å². The molecule has 102 valence electrons. The molecule has 2 heterocycles. The molecular weight excluding hydrogens is 325 g/mol. The Morgan fingerprint density at radius 2 is 2.10 bits per heavy atom. The maximum atomic E-state index is 13.5. The van der Waals surface area contributed by atoms with Gasteiger partial charge in [0.2, 0.25) is 5.95 Å². The second-order valence-electron chi connectivity index (χ2n) is 4.46. The number of fused-ring (bicyclic) bond motifs is 1. The van der Waals surface area contributed by atoms with Gasteiger partial charge in [-0.3, -0.25) is 9.97 Å². The van der Waals surface area contributed by atoms with Crippen molar-refractivity contribution >= 4 is 32.9 Å². The van der Waals surface area contributed by atoms with E-state index in [4.69, 9.17) is 5.73 Å². The molecule has 1 aromatic carbocycles. The minimum atomic E-state index is -0.364. The SMILES string of the molecule is Cc1cnc(Cn2c(N)nc3cc(F)c(Br)cc32)cn1. The Morgan fingerprint density at radius 1 is 1.30 bits per heavy atom. The van der Waals surface area contributed by atoms with E-state index in [1.54, 1.807) is 23.0 Å². The van der Waals surface area contributed by atoms with Gasteiger partial charge in [-0.25, -0.2) is 9.37 Å². The largest absolute Gasteiger partial charge is 0.369 e. The van der Waals surface area contributed by atoms with Gasteiger partial charge < -0.3 is 10.3 Å². The van der Waals surface area contributed by atoms with Crippen LogP contribution in [0.15, 0.2) is 29.0 Å². The van der Waals surface area contributed by atoms with Gasteiger partial charge in [-0.1, -0.05) is 0 Å². The van der Waals surface area contributed by atoms with Crippen LogP contribution >= 0.6 is 15.9 Å². The fourth-order valence-electron chi connectivity index (χ4n) is 1.97. The van der Waals surface area contributed by atoms with Crippen molar-refractivity contribution in [3.63, 3.8) is 0 Å². The zero-order valence-electron chi connectivity index (χ0n) is 10.6. The summed E-state index contributed by atoms with van der Waals surface area (Å²) in [5.74, 6) is -0.0443. The summed E-state index contributed by atoms with van der Waals surface area (Å²) in [6.45, 7) is 2.31. The number of imidazole rings is 1. The molecule has 7 heteroatoms. The molecule has 0 spiro atoms. The van der Waals surface area contributed by atoms with E-state index in [0.717, 1.165) is 16.9 Å². The van der Waals surface area contributed by atoms with Gasteiger partial charge >= 0.3 is 0 Å². The fraction of sp³-hybridized carbons (Fsp3) is 0.154.